The molecule has 0 radical (unpaired) electrons. The fourth-order valence-electron chi connectivity index (χ4n) is 5.18. The number of piperidine rings is 1. The van der Waals surface area contributed by atoms with E-state index in [4.69, 9.17) is 34.7 Å². The summed E-state index contributed by atoms with van der Waals surface area (Å²) < 4.78 is 14.2. The Morgan fingerprint density at radius 3 is 2.60 bits per heavy atom. The Balaban J connectivity index is 0.00000361. The van der Waals surface area contributed by atoms with Crippen molar-refractivity contribution in [2.45, 2.75) is 51.4 Å². The van der Waals surface area contributed by atoms with E-state index >= 15 is 0 Å². The minimum atomic E-state index is -0.224. The number of nitrogens with zero attached hydrogens (tertiary/aromatic N) is 5. The lowest BCUT2D eigenvalue weighted by Crippen LogP contribution is -2.58. The average Bonchev–Trinajstić information content (AvgIpc) is 2.84. The minimum Gasteiger partial charge on any atom is -0.370 e. The Bertz CT molecular complexity index is 1050. The number of rotatable bonds is 7. The molecule has 7 nitrogen and oxygen atoms in total. The summed E-state index contributed by atoms with van der Waals surface area (Å²) >= 11 is 12.5. The SMILES string of the molecule is CC[C@H]1CN(c2ncc(CN=C(N)N)cc2Cl)CCN1C1CCN(Cc2ccc(Cl)cc2F)CC1.[HH]. The smallest absolute Gasteiger partial charge is 0.186 e. The standard InChI is InChI=1S/C25H34Cl2FN7.H2/c1-2-20-16-34(24-22(27)11-17(13-31-24)14-32-25(29)30)9-10-35(20)21-5-7-33(8-6-21)15-18-3-4-19(26)12-23(18)28;/h3-4,11-13,20-21H,2,5-10,14-16H2,1H3,(H4,29,30,32);1H/t20-;/m0./s1. The number of halogens is 3. The van der Waals surface area contributed by atoms with Gasteiger partial charge in [0, 0.05) is 56.5 Å². The summed E-state index contributed by atoms with van der Waals surface area (Å²) in [6.07, 6.45) is 5.03. The predicted octanol–water partition coefficient (Wildman–Crippen LogP) is 4.11. The number of guanidine groups is 1. The molecule has 0 unspecified atom stereocenters. The van der Waals surface area contributed by atoms with Crippen LogP contribution in [0.25, 0.3) is 0 Å². The van der Waals surface area contributed by atoms with Crippen molar-refractivity contribution in [3.05, 3.63) is 57.5 Å². The first-order chi connectivity index (χ1) is 16.8. The van der Waals surface area contributed by atoms with E-state index in [1.165, 1.54) is 6.07 Å². The molecule has 3 heterocycles. The number of pyridine rings is 1. The molecule has 4 N–H and O–H groups in total. The summed E-state index contributed by atoms with van der Waals surface area (Å²) in [5.74, 6) is 0.645. The van der Waals surface area contributed by atoms with Crippen LogP contribution >= 0.6 is 23.2 Å². The van der Waals surface area contributed by atoms with Crippen LogP contribution in [0.1, 0.15) is 38.7 Å². The van der Waals surface area contributed by atoms with E-state index < -0.39 is 0 Å². The van der Waals surface area contributed by atoms with Crippen molar-refractivity contribution < 1.29 is 5.82 Å². The van der Waals surface area contributed by atoms with Gasteiger partial charge < -0.3 is 16.4 Å². The first kappa shape index (κ1) is 25.9. The number of anilines is 1. The van der Waals surface area contributed by atoms with E-state index in [1.807, 2.05) is 6.07 Å². The molecule has 4 rings (SSSR count). The molecule has 2 fully saturated rings. The highest BCUT2D eigenvalue weighted by Crippen LogP contribution is 2.30. The quantitative estimate of drug-likeness (QED) is 0.419. The number of piperazine rings is 1. The molecule has 0 amide bonds. The van der Waals surface area contributed by atoms with E-state index in [-0.39, 0.29) is 13.2 Å². The monoisotopic (exact) mass is 523 g/mol. The summed E-state index contributed by atoms with van der Waals surface area (Å²) in [5, 5.41) is 1.06. The number of aliphatic imine (C=N–C) groups is 1. The van der Waals surface area contributed by atoms with Crippen LogP contribution in [-0.4, -0.2) is 65.6 Å². The first-order valence-electron chi connectivity index (χ1n) is 12.2. The molecule has 0 saturated carbocycles. The molecular weight excluding hydrogens is 488 g/mol. The molecule has 2 aromatic rings. The molecule has 35 heavy (non-hydrogen) atoms. The van der Waals surface area contributed by atoms with Gasteiger partial charge in [-0.3, -0.25) is 9.80 Å². The number of benzene rings is 1. The second kappa shape index (κ2) is 11.7. The highest BCUT2D eigenvalue weighted by molar-refractivity contribution is 6.33. The Labute approximate surface area is 218 Å². The number of hydrogen-bond acceptors (Lipinski definition) is 5. The van der Waals surface area contributed by atoms with Crippen molar-refractivity contribution in [3.8, 4) is 0 Å². The van der Waals surface area contributed by atoms with Crippen LogP contribution < -0.4 is 16.4 Å². The third-order valence-electron chi connectivity index (χ3n) is 7.06. The zero-order chi connectivity index (χ0) is 24.9. The van der Waals surface area contributed by atoms with E-state index in [0.717, 1.165) is 63.4 Å². The van der Waals surface area contributed by atoms with Crippen LogP contribution in [-0.2, 0) is 13.1 Å². The van der Waals surface area contributed by atoms with Gasteiger partial charge in [0.05, 0.1) is 11.6 Å². The maximum absolute atomic E-state index is 14.2. The van der Waals surface area contributed by atoms with Crippen LogP contribution in [0.15, 0.2) is 35.5 Å². The van der Waals surface area contributed by atoms with Gasteiger partial charge in [-0.05, 0) is 56.1 Å². The minimum absolute atomic E-state index is 0. The van der Waals surface area contributed by atoms with Crippen LogP contribution in [0.3, 0.4) is 0 Å². The van der Waals surface area contributed by atoms with Crippen LogP contribution in [0.4, 0.5) is 10.2 Å². The van der Waals surface area contributed by atoms with Gasteiger partial charge in [-0.15, -0.1) is 0 Å². The molecule has 1 atom stereocenters. The molecule has 192 valence electrons. The van der Waals surface area contributed by atoms with Gasteiger partial charge in [-0.25, -0.2) is 14.4 Å². The summed E-state index contributed by atoms with van der Waals surface area (Å²) in [6.45, 7) is 7.92. The lowest BCUT2D eigenvalue weighted by molar-refractivity contribution is 0.0607. The van der Waals surface area contributed by atoms with Crippen LogP contribution in [0, 0.1) is 5.82 Å². The van der Waals surface area contributed by atoms with Gasteiger partial charge in [0.15, 0.2) is 5.96 Å². The highest BCUT2D eigenvalue weighted by atomic mass is 35.5. The predicted molar refractivity (Wildman–Crippen MR) is 144 cm³/mol. The van der Waals surface area contributed by atoms with E-state index in [0.29, 0.717) is 40.8 Å². The fraction of sp³-hybridized carbons (Fsp3) is 0.520. The first-order valence-corrected chi connectivity index (χ1v) is 13.0. The molecule has 2 saturated heterocycles. The lowest BCUT2D eigenvalue weighted by atomic mass is 9.97. The summed E-state index contributed by atoms with van der Waals surface area (Å²) in [5.41, 5.74) is 12.4. The van der Waals surface area contributed by atoms with E-state index in [9.17, 15) is 4.39 Å². The van der Waals surface area contributed by atoms with Crippen molar-refractivity contribution in [2.24, 2.45) is 16.5 Å². The molecule has 0 bridgehead atoms. The number of likely N-dealkylation sites (tertiary alicyclic amines) is 1. The van der Waals surface area contributed by atoms with Crippen molar-refractivity contribution in [1.82, 2.24) is 14.8 Å². The molecule has 2 aliphatic heterocycles. The average molecular weight is 525 g/mol. The Morgan fingerprint density at radius 2 is 1.94 bits per heavy atom. The Kier molecular flexibility index (Phi) is 8.70. The zero-order valence-corrected chi connectivity index (χ0v) is 21.6. The summed E-state index contributed by atoms with van der Waals surface area (Å²) in [6, 6.07) is 7.82. The van der Waals surface area contributed by atoms with Gasteiger partial charge in [0.25, 0.3) is 0 Å². The number of hydrogen-bond donors (Lipinski definition) is 2. The zero-order valence-electron chi connectivity index (χ0n) is 20.1. The van der Waals surface area contributed by atoms with Crippen LogP contribution in [0.2, 0.25) is 10.0 Å². The van der Waals surface area contributed by atoms with Crippen molar-refractivity contribution >= 4 is 35.0 Å². The van der Waals surface area contributed by atoms with Gasteiger partial charge in [0.1, 0.15) is 11.6 Å². The normalized spacial score (nSPS) is 20.2. The number of nitrogens with two attached hydrogens (primary N) is 2. The maximum Gasteiger partial charge on any atom is 0.186 e. The van der Waals surface area contributed by atoms with Crippen molar-refractivity contribution in [1.29, 1.82) is 0 Å². The maximum atomic E-state index is 14.2. The Hall–Kier alpha value is -2.13. The van der Waals surface area contributed by atoms with E-state index in [2.05, 4.69) is 31.6 Å². The van der Waals surface area contributed by atoms with Crippen LogP contribution in [0.5, 0.6) is 0 Å². The lowest BCUT2D eigenvalue weighted by Gasteiger charge is -2.47. The van der Waals surface area contributed by atoms with Gasteiger partial charge in [-0.2, -0.15) is 0 Å². The van der Waals surface area contributed by atoms with Gasteiger partial charge in [-0.1, -0.05) is 36.2 Å². The van der Waals surface area contributed by atoms with Crippen molar-refractivity contribution in [2.75, 3.05) is 37.6 Å². The molecule has 10 heteroatoms. The third-order valence-corrected chi connectivity index (χ3v) is 7.57. The molecule has 0 aliphatic carbocycles. The topological polar surface area (TPSA) is 87.0 Å². The second-order valence-corrected chi connectivity index (χ2v) is 10.2. The van der Waals surface area contributed by atoms with Gasteiger partial charge in [0.2, 0.25) is 0 Å². The second-order valence-electron chi connectivity index (χ2n) is 9.38. The largest absolute Gasteiger partial charge is 0.370 e. The molecule has 1 aromatic carbocycles. The van der Waals surface area contributed by atoms with Crippen molar-refractivity contribution in [3.63, 3.8) is 0 Å². The summed E-state index contributed by atoms with van der Waals surface area (Å²) in [7, 11) is 0. The molecule has 0 spiro atoms. The molecule has 2 aliphatic rings. The molecular formula is C25H36Cl2FN7. The summed E-state index contributed by atoms with van der Waals surface area (Å²) in [4.78, 5) is 15.9. The molecule has 1 aromatic heterocycles. The Morgan fingerprint density at radius 1 is 1.17 bits per heavy atom. The highest BCUT2D eigenvalue weighted by Gasteiger charge is 2.34. The van der Waals surface area contributed by atoms with E-state index in [1.54, 1.807) is 18.3 Å². The number of aromatic nitrogens is 1. The van der Waals surface area contributed by atoms with Gasteiger partial charge >= 0.3 is 0 Å². The fourth-order valence-corrected chi connectivity index (χ4v) is 5.65. The third kappa shape index (κ3) is 6.55.